The number of aryl methyl sites for hydroxylation is 1. The van der Waals surface area contributed by atoms with Crippen LogP contribution in [0.4, 0.5) is 0 Å². The van der Waals surface area contributed by atoms with Crippen molar-refractivity contribution in [3.63, 3.8) is 0 Å². The number of aliphatic hydroxyl groups is 1. The van der Waals surface area contributed by atoms with E-state index in [1.807, 2.05) is 6.92 Å². The van der Waals surface area contributed by atoms with Crippen molar-refractivity contribution in [1.29, 1.82) is 0 Å². The first kappa shape index (κ1) is 5.92. The fourth-order valence-electron chi connectivity index (χ4n) is 1.42. The molecule has 1 aromatic rings. The highest BCUT2D eigenvalue weighted by Gasteiger charge is 2.22. The summed E-state index contributed by atoms with van der Waals surface area (Å²) in [5.41, 5.74) is 1.14. The molecule has 3 nitrogen and oxygen atoms in total. The van der Waals surface area contributed by atoms with E-state index in [1.54, 1.807) is 6.20 Å². The molecule has 0 amide bonds. The van der Waals surface area contributed by atoms with Gasteiger partial charge in [0.15, 0.2) is 0 Å². The van der Waals surface area contributed by atoms with Crippen LogP contribution in [0.25, 0.3) is 0 Å². The molecule has 1 aliphatic rings. The van der Waals surface area contributed by atoms with Crippen molar-refractivity contribution in [3.8, 4) is 0 Å². The highest BCUT2D eigenvalue weighted by molar-refractivity contribution is 5.09. The number of fused-ring (bicyclic) bond motifs is 1. The van der Waals surface area contributed by atoms with Crippen molar-refractivity contribution in [3.05, 3.63) is 17.7 Å². The molecule has 2 heterocycles. The standard InChI is InChI=1S/C7H10N2O/c1-5-4-8-7-6(10)2-3-9(5)7/h4,6,10H,2-3H2,1H3. The van der Waals surface area contributed by atoms with Crippen molar-refractivity contribution in [2.24, 2.45) is 0 Å². The maximum atomic E-state index is 9.31. The van der Waals surface area contributed by atoms with Gasteiger partial charge in [-0.3, -0.25) is 0 Å². The van der Waals surface area contributed by atoms with Crippen molar-refractivity contribution >= 4 is 0 Å². The van der Waals surface area contributed by atoms with Crippen LogP contribution in [0.2, 0.25) is 0 Å². The summed E-state index contributed by atoms with van der Waals surface area (Å²) < 4.78 is 2.06. The Hall–Kier alpha value is -0.830. The van der Waals surface area contributed by atoms with Gasteiger partial charge >= 0.3 is 0 Å². The Labute approximate surface area is 59.3 Å². The van der Waals surface area contributed by atoms with Crippen LogP contribution < -0.4 is 0 Å². The first-order valence-corrected chi connectivity index (χ1v) is 3.49. The molecule has 1 N–H and O–H groups in total. The fourth-order valence-corrected chi connectivity index (χ4v) is 1.42. The molecule has 0 spiro atoms. The van der Waals surface area contributed by atoms with Gasteiger partial charge in [0.05, 0.1) is 0 Å². The van der Waals surface area contributed by atoms with Gasteiger partial charge in [0.25, 0.3) is 0 Å². The second-order valence-electron chi connectivity index (χ2n) is 2.71. The zero-order chi connectivity index (χ0) is 7.14. The second-order valence-corrected chi connectivity index (χ2v) is 2.71. The lowest BCUT2D eigenvalue weighted by Crippen LogP contribution is -1.95. The second kappa shape index (κ2) is 1.83. The van der Waals surface area contributed by atoms with Gasteiger partial charge in [-0.05, 0) is 13.3 Å². The number of rotatable bonds is 0. The zero-order valence-electron chi connectivity index (χ0n) is 5.91. The largest absolute Gasteiger partial charge is 0.385 e. The van der Waals surface area contributed by atoms with Gasteiger partial charge in [-0.15, -0.1) is 0 Å². The van der Waals surface area contributed by atoms with E-state index < -0.39 is 0 Å². The maximum absolute atomic E-state index is 9.31. The molecule has 1 unspecified atom stereocenters. The van der Waals surface area contributed by atoms with Crippen molar-refractivity contribution in [1.82, 2.24) is 9.55 Å². The Kier molecular flexibility index (Phi) is 1.08. The van der Waals surface area contributed by atoms with Crippen LogP contribution in [0.15, 0.2) is 6.20 Å². The Morgan fingerprint density at radius 2 is 2.60 bits per heavy atom. The van der Waals surface area contributed by atoms with Crippen molar-refractivity contribution < 1.29 is 5.11 Å². The molecular weight excluding hydrogens is 128 g/mol. The maximum Gasteiger partial charge on any atom is 0.137 e. The smallest absolute Gasteiger partial charge is 0.137 e. The lowest BCUT2D eigenvalue weighted by atomic mass is 10.3. The molecule has 10 heavy (non-hydrogen) atoms. The van der Waals surface area contributed by atoms with E-state index in [0.717, 1.165) is 24.5 Å². The third-order valence-corrected chi connectivity index (χ3v) is 2.01. The summed E-state index contributed by atoms with van der Waals surface area (Å²) in [7, 11) is 0. The van der Waals surface area contributed by atoms with E-state index in [0.29, 0.717) is 0 Å². The molecule has 1 aliphatic heterocycles. The summed E-state index contributed by atoms with van der Waals surface area (Å²) in [6, 6.07) is 0. The first-order valence-electron chi connectivity index (χ1n) is 3.49. The average Bonchev–Trinajstić information content (AvgIpc) is 2.41. The SMILES string of the molecule is Cc1cnc2n1CCC2O. The van der Waals surface area contributed by atoms with Gasteiger partial charge in [-0.1, -0.05) is 0 Å². The molecule has 0 bridgehead atoms. The van der Waals surface area contributed by atoms with Gasteiger partial charge in [0.2, 0.25) is 0 Å². The lowest BCUT2D eigenvalue weighted by Gasteiger charge is -1.96. The van der Waals surface area contributed by atoms with Crippen LogP contribution >= 0.6 is 0 Å². The average molecular weight is 138 g/mol. The Morgan fingerprint density at radius 1 is 1.80 bits per heavy atom. The molecule has 1 aromatic heterocycles. The third kappa shape index (κ3) is 0.609. The van der Waals surface area contributed by atoms with Crippen LogP contribution in [0.5, 0.6) is 0 Å². The van der Waals surface area contributed by atoms with Crippen molar-refractivity contribution in [2.75, 3.05) is 0 Å². The molecule has 0 saturated carbocycles. The number of hydrogen-bond donors (Lipinski definition) is 1. The molecule has 0 radical (unpaired) electrons. The monoisotopic (exact) mass is 138 g/mol. The van der Waals surface area contributed by atoms with E-state index in [9.17, 15) is 5.11 Å². The third-order valence-electron chi connectivity index (χ3n) is 2.01. The zero-order valence-corrected chi connectivity index (χ0v) is 5.91. The molecule has 2 rings (SSSR count). The molecular formula is C7H10N2O. The molecule has 0 fully saturated rings. The van der Waals surface area contributed by atoms with E-state index in [-0.39, 0.29) is 6.10 Å². The molecule has 3 heteroatoms. The van der Waals surface area contributed by atoms with Gasteiger partial charge in [0.1, 0.15) is 11.9 Å². The molecule has 0 saturated heterocycles. The molecule has 54 valence electrons. The van der Waals surface area contributed by atoms with Gasteiger partial charge in [-0.25, -0.2) is 4.98 Å². The van der Waals surface area contributed by atoms with E-state index in [2.05, 4.69) is 9.55 Å². The van der Waals surface area contributed by atoms with Crippen molar-refractivity contribution in [2.45, 2.75) is 26.0 Å². The van der Waals surface area contributed by atoms with Crippen LogP contribution in [0.1, 0.15) is 24.0 Å². The van der Waals surface area contributed by atoms with Crippen LogP contribution in [-0.4, -0.2) is 14.7 Å². The molecule has 0 aliphatic carbocycles. The van der Waals surface area contributed by atoms with E-state index in [1.165, 1.54) is 0 Å². The topological polar surface area (TPSA) is 38.0 Å². The lowest BCUT2D eigenvalue weighted by molar-refractivity contribution is 0.175. The molecule has 1 atom stereocenters. The minimum Gasteiger partial charge on any atom is -0.385 e. The van der Waals surface area contributed by atoms with E-state index >= 15 is 0 Å². The Morgan fingerprint density at radius 3 is 3.30 bits per heavy atom. The summed E-state index contributed by atoms with van der Waals surface area (Å²) in [5.74, 6) is 0.831. The Balaban J connectivity index is 2.53. The first-order chi connectivity index (χ1) is 4.79. The summed E-state index contributed by atoms with van der Waals surface area (Å²) in [4.78, 5) is 4.09. The quantitative estimate of drug-likeness (QED) is 0.571. The minimum atomic E-state index is -0.325. The summed E-state index contributed by atoms with van der Waals surface area (Å²) in [5, 5.41) is 9.31. The predicted molar refractivity (Wildman–Crippen MR) is 36.5 cm³/mol. The summed E-state index contributed by atoms with van der Waals surface area (Å²) in [6.07, 6.45) is 2.30. The number of aliphatic hydroxyl groups excluding tert-OH is 1. The van der Waals surface area contributed by atoms with Gasteiger partial charge < -0.3 is 9.67 Å². The number of nitrogens with zero attached hydrogens (tertiary/aromatic N) is 2. The normalized spacial score (nSPS) is 23.2. The summed E-state index contributed by atoms with van der Waals surface area (Å²) >= 11 is 0. The van der Waals surface area contributed by atoms with Crippen LogP contribution in [-0.2, 0) is 6.54 Å². The van der Waals surface area contributed by atoms with E-state index in [4.69, 9.17) is 0 Å². The van der Waals surface area contributed by atoms with Gasteiger partial charge in [0, 0.05) is 18.4 Å². The Bertz CT molecular complexity index is 254. The minimum absolute atomic E-state index is 0.325. The highest BCUT2D eigenvalue weighted by atomic mass is 16.3. The highest BCUT2D eigenvalue weighted by Crippen LogP contribution is 2.24. The predicted octanol–water partition coefficient (Wildman–Crippen LogP) is 0.629. The number of hydrogen-bond acceptors (Lipinski definition) is 2. The summed E-state index contributed by atoms with van der Waals surface area (Å²) in [6.45, 7) is 2.93. The van der Waals surface area contributed by atoms with Crippen LogP contribution in [0, 0.1) is 6.92 Å². The van der Waals surface area contributed by atoms with Gasteiger partial charge in [-0.2, -0.15) is 0 Å². The number of aromatic nitrogens is 2. The van der Waals surface area contributed by atoms with Crippen LogP contribution in [0.3, 0.4) is 0 Å². The molecule has 0 aromatic carbocycles. The number of imidazole rings is 1. The fraction of sp³-hybridized carbons (Fsp3) is 0.571.